The van der Waals surface area contributed by atoms with Crippen molar-refractivity contribution in [2.75, 3.05) is 11.9 Å². The highest BCUT2D eigenvalue weighted by Crippen LogP contribution is 2.28. The summed E-state index contributed by atoms with van der Waals surface area (Å²) in [4.78, 5) is 4.29. The van der Waals surface area contributed by atoms with Crippen LogP contribution in [-0.2, 0) is 13.1 Å². The Morgan fingerprint density at radius 2 is 2.19 bits per heavy atom. The van der Waals surface area contributed by atoms with E-state index in [0.717, 1.165) is 22.3 Å². The van der Waals surface area contributed by atoms with Crippen molar-refractivity contribution in [2.24, 2.45) is 0 Å². The maximum absolute atomic E-state index is 8.86. The van der Waals surface area contributed by atoms with Crippen LogP contribution in [0.25, 0.3) is 10.9 Å². The molecule has 0 unspecified atom stereocenters. The van der Waals surface area contributed by atoms with E-state index in [1.54, 1.807) is 17.1 Å². The van der Waals surface area contributed by atoms with Gasteiger partial charge in [0.2, 0.25) is 0 Å². The van der Waals surface area contributed by atoms with Crippen LogP contribution < -0.4 is 5.32 Å². The Bertz CT molecular complexity index is 758. The average molecular weight is 304 g/mol. The molecule has 0 aliphatic rings. The number of aromatic nitrogens is 4. The number of aliphatic hydroxyl groups is 1. The molecule has 0 fully saturated rings. The van der Waals surface area contributed by atoms with Gasteiger partial charge in [0.15, 0.2) is 0 Å². The van der Waals surface area contributed by atoms with E-state index in [9.17, 15) is 0 Å². The van der Waals surface area contributed by atoms with Crippen LogP contribution in [0.1, 0.15) is 5.69 Å². The summed E-state index contributed by atoms with van der Waals surface area (Å²) >= 11 is 6.14. The Labute approximate surface area is 126 Å². The number of hydrogen-bond acceptors (Lipinski definition) is 5. The predicted octanol–water partition coefficient (Wildman–Crippen LogP) is 2.08. The van der Waals surface area contributed by atoms with E-state index < -0.39 is 0 Å². The summed E-state index contributed by atoms with van der Waals surface area (Å²) in [5, 5.41) is 21.7. The predicted molar refractivity (Wildman–Crippen MR) is 81.2 cm³/mol. The van der Waals surface area contributed by atoms with Crippen molar-refractivity contribution in [3.63, 3.8) is 0 Å². The lowest BCUT2D eigenvalue weighted by molar-refractivity contribution is 0.268. The summed E-state index contributed by atoms with van der Waals surface area (Å²) in [6, 6.07) is 7.59. The van der Waals surface area contributed by atoms with E-state index >= 15 is 0 Å². The minimum Gasteiger partial charge on any atom is -0.394 e. The van der Waals surface area contributed by atoms with Gasteiger partial charge in [-0.1, -0.05) is 16.8 Å². The molecule has 3 aromatic rings. The second-order valence-corrected chi connectivity index (χ2v) is 4.95. The van der Waals surface area contributed by atoms with Crippen molar-refractivity contribution >= 4 is 28.2 Å². The van der Waals surface area contributed by atoms with E-state index in [2.05, 4.69) is 20.6 Å². The van der Waals surface area contributed by atoms with E-state index in [-0.39, 0.29) is 6.61 Å². The van der Waals surface area contributed by atoms with Crippen LogP contribution in [-0.4, -0.2) is 31.7 Å². The fourth-order valence-corrected chi connectivity index (χ4v) is 2.32. The molecule has 0 saturated heterocycles. The lowest BCUT2D eigenvalue weighted by atomic mass is 10.2. The number of rotatable bonds is 5. The molecule has 2 aromatic heterocycles. The third-order valence-corrected chi connectivity index (χ3v) is 3.40. The monoisotopic (exact) mass is 303 g/mol. The van der Waals surface area contributed by atoms with Gasteiger partial charge in [-0.25, -0.2) is 4.68 Å². The van der Waals surface area contributed by atoms with Gasteiger partial charge in [-0.05, 0) is 24.3 Å². The fourth-order valence-electron chi connectivity index (χ4n) is 2.11. The highest BCUT2D eigenvalue weighted by atomic mass is 35.5. The van der Waals surface area contributed by atoms with Gasteiger partial charge in [-0.15, -0.1) is 5.10 Å². The Balaban J connectivity index is 1.80. The van der Waals surface area contributed by atoms with Crippen molar-refractivity contribution < 1.29 is 5.11 Å². The van der Waals surface area contributed by atoms with Crippen LogP contribution in [0.2, 0.25) is 5.02 Å². The average Bonchev–Trinajstić information content (AvgIpc) is 2.95. The summed E-state index contributed by atoms with van der Waals surface area (Å²) < 4.78 is 1.61. The summed E-state index contributed by atoms with van der Waals surface area (Å²) in [7, 11) is 0. The number of fused-ring (bicyclic) bond motifs is 1. The van der Waals surface area contributed by atoms with Crippen molar-refractivity contribution in [2.45, 2.75) is 13.1 Å². The third kappa shape index (κ3) is 2.96. The molecular formula is C14H14ClN5O. The van der Waals surface area contributed by atoms with Gasteiger partial charge < -0.3 is 10.4 Å². The maximum atomic E-state index is 8.86. The summed E-state index contributed by atoms with van der Waals surface area (Å²) in [6.45, 7) is 1.03. The van der Waals surface area contributed by atoms with Gasteiger partial charge in [0.05, 0.1) is 36.4 Å². The number of aliphatic hydroxyl groups excluding tert-OH is 1. The van der Waals surface area contributed by atoms with Crippen molar-refractivity contribution in [3.05, 3.63) is 47.4 Å². The SMILES string of the molecule is OCCn1cc(CNc2ccc(Cl)c3ncccc23)nn1. The zero-order chi connectivity index (χ0) is 14.7. The zero-order valence-corrected chi connectivity index (χ0v) is 12.0. The molecule has 108 valence electrons. The Morgan fingerprint density at radius 1 is 1.29 bits per heavy atom. The first-order valence-corrected chi connectivity index (χ1v) is 6.92. The molecule has 1 aromatic carbocycles. The van der Waals surface area contributed by atoms with Gasteiger partial charge in [-0.2, -0.15) is 0 Å². The minimum atomic E-state index is 0.0454. The van der Waals surface area contributed by atoms with Crippen molar-refractivity contribution in [3.8, 4) is 0 Å². The molecule has 0 aliphatic heterocycles. The van der Waals surface area contributed by atoms with Gasteiger partial charge in [0.25, 0.3) is 0 Å². The lowest BCUT2D eigenvalue weighted by Gasteiger charge is -2.08. The molecular weight excluding hydrogens is 290 g/mol. The largest absolute Gasteiger partial charge is 0.394 e. The first-order valence-electron chi connectivity index (χ1n) is 6.55. The summed E-state index contributed by atoms with van der Waals surface area (Å²) in [5.74, 6) is 0. The number of benzene rings is 1. The van der Waals surface area contributed by atoms with E-state index in [4.69, 9.17) is 16.7 Å². The summed E-state index contributed by atoms with van der Waals surface area (Å²) in [6.07, 6.45) is 3.53. The van der Waals surface area contributed by atoms with E-state index in [1.165, 1.54) is 0 Å². The second-order valence-electron chi connectivity index (χ2n) is 4.54. The minimum absolute atomic E-state index is 0.0454. The highest BCUT2D eigenvalue weighted by Gasteiger charge is 2.06. The smallest absolute Gasteiger partial charge is 0.102 e. The van der Waals surface area contributed by atoms with Crippen LogP contribution in [0.3, 0.4) is 0 Å². The summed E-state index contributed by atoms with van der Waals surface area (Å²) in [5.41, 5.74) is 2.52. The third-order valence-electron chi connectivity index (χ3n) is 3.10. The van der Waals surface area contributed by atoms with Crippen molar-refractivity contribution in [1.29, 1.82) is 0 Å². The fraction of sp³-hybridized carbons (Fsp3) is 0.214. The van der Waals surface area contributed by atoms with Crippen LogP contribution in [0.5, 0.6) is 0 Å². The molecule has 3 rings (SSSR count). The Hall–Kier alpha value is -2.18. The van der Waals surface area contributed by atoms with Crippen molar-refractivity contribution in [1.82, 2.24) is 20.0 Å². The van der Waals surface area contributed by atoms with Gasteiger partial charge in [0, 0.05) is 17.3 Å². The van der Waals surface area contributed by atoms with Crippen LogP contribution >= 0.6 is 11.6 Å². The number of pyridine rings is 1. The van der Waals surface area contributed by atoms with Crippen LogP contribution in [0, 0.1) is 0 Å². The normalized spacial score (nSPS) is 11.0. The Morgan fingerprint density at radius 3 is 3.05 bits per heavy atom. The molecule has 0 aliphatic carbocycles. The Kier molecular flexibility index (Phi) is 3.98. The molecule has 0 bridgehead atoms. The first-order chi connectivity index (χ1) is 10.3. The molecule has 0 saturated carbocycles. The first kappa shape index (κ1) is 13.8. The molecule has 7 heteroatoms. The number of nitrogens with one attached hydrogen (secondary N) is 1. The lowest BCUT2D eigenvalue weighted by Crippen LogP contribution is -2.02. The number of hydrogen-bond donors (Lipinski definition) is 2. The molecule has 2 heterocycles. The number of anilines is 1. The highest BCUT2D eigenvalue weighted by molar-refractivity contribution is 6.35. The quantitative estimate of drug-likeness (QED) is 0.755. The van der Waals surface area contributed by atoms with Crippen LogP contribution in [0.4, 0.5) is 5.69 Å². The second kappa shape index (κ2) is 6.07. The molecule has 0 spiro atoms. The zero-order valence-electron chi connectivity index (χ0n) is 11.2. The molecule has 0 radical (unpaired) electrons. The standard InChI is InChI=1S/C14H14ClN5O/c15-12-3-4-13(11-2-1-5-16-14(11)12)17-8-10-9-20(6-7-21)19-18-10/h1-5,9,17,21H,6-8H2. The molecule has 0 amide bonds. The van der Waals surface area contributed by atoms with E-state index in [1.807, 2.05) is 24.3 Å². The van der Waals surface area contributed by atoms with Crippen LogP contribution in [0.15, 0.2) is 36.7 Å². The van der Waals surface area contributed by atoms with Gasteiger partial charge >= 0.3 is 0 Å². The van der Waals surface area contributed by atoms with E-state index in [0.29, 0.717) is 18.1 Å². The molecule has 0 atom stereocenters. The molecule has 21 heavy (non-hydrogen) atoms. The van der Waals surface area contributed by atoms with Gasteiger partial charge in [-0.3, -0.25) is 4.98 Å². The molecule has 6 nitrogen and oxygen atoms in total. The molecule has 2 N–H and O–H groups in total. The maximum Gasteiger partial charge on any atom is 0.102 e. The topological polar surface area (TPSA) is 75.9 Å². The number of nitrogens with zero attached hydrogens (tertiary/aromatic N) is 4. The number of halogens is 1. The van der Waals surface area contributed by atoms with Gasteiger partial charge in [0.1, 0.15) is 5.69 Å².